The minimum absolute atomic E-state index is 0. The van der Waals surface area contributed by atoms with Crippen LogP contribution < -0.4 is 10.6 Å². The van der Waals surface area contributed by atoms with E-state index in [2.05, 4.69) is 62.0 Å². The van der Waals surface area contributed by atoms with Gasteiger partial charge >= 0.3 is 0 Å². The smallest absolute Gasteiger partial charge is 0.191 e. The van der Waals surface area contributed by atoms with Crippen molar-refractivity contribution in [2.45, 2.75) is 6.54 Å². The average molecular weight is 477 g/mol. The van der Waals surface area contributed by atoms with Crippen LogP contribution in [0.1, 0.15) is 5.56 Å². The first-order valence-corrected chi connectivity index (χ1v) is 10.1. The number of nitrogens with one attached hydrogen (secondary N) is 2. The highest BCUT2D eigenvalue weighted by Crippen LogP contribution is 2.07. The van der Waals surface area contributed by atoms with Gasteiger partial charge in [0.25, 0.3) is 0 Å². The molecule has 0 aromatic heterocycles. The molecule has 0 atom stereocenters. The zero-order valence-corrected chi connectivity index (χ0v) is 18.6. The van der Waals surface area contributed by atoms with Crippen molar-refractivity contribution in [3.05, 3.63) is 35.9 Å². The summed E-state index contributed by atoms with van der Waals surface area (Å²) >= 11 is 1.84. The average Bonchev–Trinajstić information content (AvgIpc) is 2.63. The molecule has 1 heterocycles. The van der Waals surface area contributed by atoms with E-state index in [1.165, 1.54) is 5.56 Å². The van der Waals surface area contributed by atoms with Gasteiger partial charge < -0.3 is 10.6 Å². The fraction of sp³-hybridized carbons (Fsp3) is 0.611. The lowest BCUT2D eigenvalue weighted by Gasteiger charge is -2.34. The maximum absolute atomic E-state index is 4.26. The third kappa shape index (κ3) is 9.12. The van der Waals surface area contributed by atoms with Crippen LogP contribution in [0.2, 0.25) is 0 Å². The van der Waals surface area contributed by atoms with Crippen molar-refractivity contribution in [1.29, 1.82) is 0 Å². The van der Waals surface area contributed by atoms with Crippen molar-refractivity contribution in [3.63, 3.8) is 0 Å². The van der Waals surface area contributed by atoms with Gasteiger partial charge in [-0.1, -0.05) is 30.3 Å². The van der Waals surface area contributed by atoms with Crippen molar-refractivity contribution in [2.75, 3.05) is 64.9 Å². The molecule has 0 unspecified atom stereocenters. The van der Waals surface area contributed by atoms with Gasteiger partial charge in [0.2, 0.25) is 0 Å². The summed E-state index contributed by atoms with van der Waals surface area (Å²) in [4.78, 5) is 9.34. The maximum Gasteiger partial charge on any atom is 0.191 e. The Balaban J connectivity index is 0.00000312. The molecule has 7 heteroatoms. The first-order chi connectivity index (χ1) is 11.8. The molecular formula is C18H32IN5S. The van der Waals surface area contributed by atoms with Gasteiger partial charge in [-0.05, 0) is 11.8 Å². The molecule has 0 bridgehead atoms. The molecule has 0 aliphatic carbocycles. The van der Waals surface area contributed by atoms with Gasteiger partial charge in [-0.25, -0.2) is 0 Å². The fourth-order valence-electron chi connectivity index (χ4n) is 2.84. The number of hydrogen-bond acceptors (Lipinski definition) is 4. The van der Waals surface area contributed by atoms with Gasteiger partial charge in [0.1, 0.15) is 0 Å². The molecule has 0 amide bonds. The fourth-order valence-corrected chi connectivity index (χ4v) is 3.14. The van der Waals surface area contributed by atoms with Crippen LogP contribution in [0, 0.1) is 0 Å². The predicted octanol–water partition coefficient (Wildman–Crippen LogP) is 1.95. The number of aliphatic imine (C=N–C) groups is 1. The van der Waals surface area contributed by atoms with E-state index >= 15 is 0 Å². The van der Waals surface area contributed by atoms with Crippen molar-refractivity contribution in [2.24, 2.45) is 4.99 Å². The zero-order chi connectivity index (χ0) is 17.0. The number of benzene rings is 1. The highest BCUT2D eigenvalue weighted by Gasteiger charge is 2.16. The van der Waals surface area contributed by atoms with Gasteiger partial charge in [-0.2, -0.15) is 11.8 Å². The Hall–Kier alpha value is -0.510. The van der Waals surface area contributed by atoms with Crippen molar-refractivity contribution in [3.8, 4) is 0 Å². The van der Waals surface area contributed by atoms with Gasteiger partial charge in [-0.3, -0.25) is 14.8 Å². The van der Waals surface area contributed by atoms with Gasteiger partial charge in [0, 0.05) is 65.2 Å². The van der Waals surface area contributed by atoms with Crippen LogP contribution in [0.5, 0.6) is 0 Å². The Morgan fingerprint density at radius 1 is 1.04 bits per heavy atom. The van der Waals surface area contributed by atoms with E-state index < -0.39 is 0 Å². The summed E-state index contributed by atoms with van der Waals surface area (Å²) in [5.74, 6) is 2.01. The second-order valence-electron chi connectivity index (χ2n) is 6.02. The number of rotatable bonds is 8. The molecule has 1 aliphatic heterocycles. The molecule has 1 aliphatic rings. The standard InChI is InChI=1S/C18H31N5S.HI/c1-19-18(21-9-15-24-2)20-8-10-22-11-13-23(14-12-22)16-17-6-4-3-5-7-17;/h3-7H,8-16H2,1-2H3,(H2,19,20,21);1H. The first kappa shape index (κ1) is 22.5. The van der Waals surface area contributed by atoms with Gasteiger partial charge in [-0.15, -0.1) is 24.0 Å². The van der Waals surface area contributed by atoms with Crippen molar-refractivity contribution >= 4 is 41.7 Å². The van der Waals surface area contributed by atoms with Crippen LogP contribution >= 0.6 is 35.7 Å². The number of hydrogen-bond donors (Lipinski definition) is 2. The van der Waals surface area contributed by atoms with Crippen LogP contribution in [0.3, 0.4) is 0 Å². The normalized spacial score (nSPS) is 16.3. The molecule has 1 aromatic rings. The number of nitrogens with zero attached hydrogens (tertiary/aromatic N) is 3. The Kier molecular flexibility index (Phi) is 12.3. The summed E-state index contributed by atoms with van der Waals surface area (Å²) in [6.07, 6.45) is 2.12. The molecule has 1 aromatic carbocycles. The lowest BCUT2D eigenvalue weighted by atomic mass is 10.2. The molecule has 0 radical (unpaired) electrons. The minimum atomic E-state index is 0. The first-order valence-electron chi connectivity index (χ1n) is 8.74. The number of thioether (sulfide) groups is 1. The highest BCUT2D eigenvalue weighted by molar-refractivity contribution is 14.0. The molecule has 142 valence electrons. The van der Waals surface area contributed by atoms with E-state index in [4.69, 9.17) is 0 Å². The maximum atomic E-state index is 4.26. The zero-order valence-electron chi connectivity index (χ0n) is 15.4. The molecule has 5 nitrogen and oxygen atoms in total. The molecule has 1 saturated heterocycles. The SMILES string of the molecule is CN=C(NCCSC)NCCN1CCN(Cc2ccccc2)CC1.I. The van der Waals surface area contributed by atoms with Crippen LogP contribution in [0.4, 0.5) is 0 Å². The molecule has 2 N–H and O–H groups in total. The van der Waals surface area contributed by atoms with E-state index in [1.54, 1.807) is 0 Å². The van der Waals surface area contributed by atoms with Crippen LogP contribution in [0.25, 0.3) is 0 Å². The number of guanidine groups is 1. The lowest BCUT2D eigenvalue weighted by molar-refractivity contribution is 0.129. The second kappa shape index (κ2) is 13.7. The predicted molar refractivity (Wildman–Crippen MR) is 121 cm³/mol. The van der Waals surface area contributed by atoms with Gasteiger partial charge in [0.05, 0.1) is 0 Å². The van der Waals surface area contributed by atoms with E-state index in [1.807, 2.05) is 18.8 Å². The summed E-state index contributed by atoms with van der Waals surface area (Å²) in [6.45, 7) is 8.63. The lowest BCUT2D eigenvalue weighted by Crippen LogP contribution is -2.49. The third-order valence-corrected chi connectivity index (χ3v) is 4.87. The topological polar surface area (TPSA) is 42.9 Å². The van der Waals surface area contributed by atoms with Crippen LogP contribution in [-0.4, -0.2) is 80.6 Å². The molecule has 1 fully saturated rings. The molecule has 25 heavy (non-hydrogen) atoms. The second-order valence-corrected chi connectivity index (χ2v) is 7.01. The van der Waals surface area contributed by atoms with Crippen molar-refractivity contribution < 1.29 is 0 Å². The summed E-state index contributed by atoms with van der Waals surface area (Å²) in [7, 11) is 1.83. The number of halogens is 1. The Morgan fingerprint density at radius 3 is 2.32 bits per heavy atom. The molecule has 0 saturated carbocycles. The van der Waals surface area contributed by atoms with Gasteiger partial charge in [0.15, 0.2) is 5.96 Å². The minimum Gasteiger partial charge on any atom is -0.356 e. The van der Waals surface area contributed by atoms with E-state index in [0.717, 1.165) is 64.1 Å². The molecular weight excluding hydrogens is 445 g/mol. The summed E-state index contributed by atoms with van der Waals surface area (Å²) in [5.41, 5.74) is 1.41. The van der Waals surface area contributed by atoms with Crippen LogP contribution in [0.15, 0.2) is 35.3 Å². The van der Waals surface area contributed by atoms with E-state index in [0.29, 0.717) is 0 Å². The molecule has 2 rings (SSSR count). The van der Waals surface area contributed by atoms with Crippen molar-refractivity contribution in [1.82, 2.24) is 20.4 Å². The Bertz CT molecular complexity index is 478. The third-order valence-electron chi connectivity index (χ3n) is 4.26. The highest BCUT2D eigenvalue weighted by atomic mass is 127. The summed E-state index contributed by atoms with van der Waals surface area (Å²) < 4.78 is 0. The Labute approximate surface area is 174 Å². The van der Waals surface area contributed by atoms with Crippen LogP contribution in [-0.2, 0) is 6.54 Å². The quantitative estimate of drug-likeness (QED) is 0.260. The summed E-state index contributed by atoms with van der Waals surface area (Å²) in [5, 5.41) is 6.73. The van der Waals surface area contributed by atoms with E-state index in [9.17, 15) is 0 Å². The summed E-state index contributed by atoms with van der Waals surface area (Å²) in [6, 6.07) is 10.8. The monoisotopic (exact) mass is 477 g/mol. The number of piperazine rings is 1. The molecule has 0 spiro atoms. The Morgan fingerprint density at radius 2 is 1.68 bits per heavy atom. The largest absolute Gasteiger partial charge is 0.356 e. The van der Waals surface area contributed by atoms with E-state index in [-0.39, 0.29) is 24.0 Å².